The van der Waals surface area contributed by atoms with E-state index < -0.39 is 0 Å². The summed E-state index contributed by atoms with van der Waals surface area (Å²) in [7, 11) is 0. The summed E-state index contributed by atoms with van der Waals surface area (Å²) in [5.74, 6) is 0.714. The third kappa shape index (κ3) is 1.50. The summed E-state index contributed by atoms with van der Waals surface area (Å²) in [6, 6.07) is 11.4. The minimum atomic E-state index is 0.714. The van der Waals surface area contributed by atoms with Crippen molar-refractivity contribution >= 4 is 0 Å². The van der Waals surface area contributed by atoms with Crippen molar-refractivity contribution in [2.45, 2.75) is 0 Å². The molecule has 0 spiro atoms. The second kappa shape index (κ2) is 3.66. The molecule has 0 bridgehead atoms. The predicted octanol–water partition coefficient (Wildman–Crippen LogP) is 2.73. The first-order valence-electron chi connectivity index (χ1n) is 4.95. The molecule has 1 N–H and O–H groups in total. The van der Waals surface area contributed by atoms with Crippen molar-refractivity contribution in [1.29, 1.82) is 0 Å². The van der Waals surface area contributed by atoms with Crippen molar-refractivity contribution in [3.05, 3.63) is 48.8 Å². The van der Waals surface area contributed by atoms with Gasteiger partial charge in [-0.15, -0.1) is 0 Å². The van der Waals surface area contributed by atoms with Crippen LogP contribution in [0.4, 0.5) is 0 Å². The van der Waals surface area contributed by atoms with Gasteiger partial charge >= 0.3 is 0 Å². The van der Waals surface area contributed by atoms with E-state index in [2.05, 4.69) is 15.1 Å². The van der Waals surface area contributed by atoms with Crippen LogP contribution in [0.3, 0.4) is 0 Å². The second-order valence-corrected chi connectivity index (χ2v) is 3.38. The molecule has 0 saturated carbocycles. The normalized spacial score (nSPS) is 10.5. The van der Waals surface area contributed by atoms with Gasteiger partial charge in [0.2, 0.25) is 0 Å². The molecule has 0 aliphatic rings. The van der Waals surface area contributed by atoms with E-state index in [0.717, 1.165) is 17.1 Å². The monoisotopic (exact) mass is 211 g/mol. The van der Waals surface area contributed by atoms with Gasteiger partial charge in [-0.2, -0.15) is 0 Å². The Labute approximate surface area is 91.9 Å². The van der Waals surface area contributed by atoms with Gasteiger partial charge in [-0.05, 0) is 24.3 Å². The fourth-order valence-corrected chi connectivity index (χ4v) is 1.52. The summed E-state index contributed by atoms with van der Waals surface area (Å²) < 4.78 is 5.24. The Hall–Kier alpha value is -2.36. The van der Waals surface area contributed by atoms with Gasteiger partial charge in [0.25, 0.3) is 0 Å². The highest BCUT2D eigenvalue weighted by Crippen LogP contribution is 2.23. The molecule has 0 aliphatic heterocycles. The van der Waals surface area contributed by atoms with Crippen LogP contribution >= 0.6 is 0 Å². The Bertz CT molecular complexity index is 569. The van der Waals surface area contributed by atoms with Crippen LogP contribution in [0.25, 0.3) is 22.8 Å². The summed E-state index contributed by atoms with van der Waals surface area (Å²) in [6.07, 6.45) is 3.58. The van der Waals surface area contributed by atoms with Gasteiger partial charge in [-0.3, -0.25) is 4.98 Å². The van der Waals surface area contributed by atoms with Crippen molar-refractivity contribution in [3.8, 4) is 22.8 Å². The molecule has 0 radical (unpaired) electrons. The number of aromatic nitrogens is 3. The maximum Gasteiger partial charge on any atom is 0.183 e. The average Bonchev–Trinajstić information content (AvgIpc) is 3.01. The zero-order valence-electron chi connectivity index (χ0n) is 8.42. The molecule has 3 aromatic rings. The third-order valence-electron chi connectivity index (χ3n) is 2.30. The molecule has 0 amide bonds. The summed E-state index contributed by atoms with van der Waals surface area (Å²) >= 11 is 0. The fourth-order valence-electron chi connectivity index (χ4n) is 1.52. The molecule has 16 heavy (non-hydrogen) atoms. The fraction of sp³-hybridized carbons (Fsp3) is 0. The lowest BCUT2D eigenvalue weighted by Gasteiger charge is -1.90. The molecule has 3 rings (SSSR count). The van der Waals surface area contributed by atoms with Crippen LogP contribution < -0.4 is 0 Å². The second-order valence-electron chi connectivity index (χ2n) is 3.38. The van der Waals surface area contributed by atoms with E-state index in [0.29, 0.717) is 5.76 Å². The smallest absolute Gasteiger partial charge is 0.183 e. The number of hydrogen-bond acceptors (Lipinski definition) is 3. The van der Waals surface area contributed by atoms with Gasteiger partial charge < -0.3 is 9.51 Å². The number of hydrogen-bond donors (Lipinski definition) is 1. The highest BCUT2D eigenvalue weighted by atomic mass is 16.5. The first-order valence-corrected chi connectivity index (χ1v) is 4.95. The van der Waals surface area contributed by atoms with Crippen molar-refractivity contribution in [3.63, 3.8) is 0 Å². The van der Waals surface area contributed by atoms with E-state index in [-0.39, 0.29) is 0 Å². The lowest BCUT2D eigenvalue weighted by molar-refractivity contribution is 0.433. The molecular weight excluding hydrogens is 202 g/mol. The zero-order valence-corrected chi connectivity index (χ0v) is 8.42. The summed E-state index contributed by atoms with van der Waals surface area (Å²) in [6.45, 7) is 0. The quantitative estimate of drug-likeness (QED) is 0.709. The van der Waals surface area contributed by atoms with Crippen molar-refractivity contribution in [1.82, 2.24) is 15.1 Å². The highest BCUT2D eigenvalue weighted by molar-refractivity contribution is 5.61. The summed E-state index contributed by atoms with van der Waals surface area (Å²) in [4.78, 5) is 7.28. The third-order valence-corrected chi connectivity index (χ3v) is 2.30. The summed E-state index contributed by atoms with van der Waals surface area (Å²) in [5.41, 5.74) is 2.46. The van der Waals surface area contributed by atoms with Crippen molar-refractivity contribution in [2.75, 3.05) is 0 Å². The lowest BCUT2D eigenvalue weighted by Crippen LogP contribution is -1.79. The molecule has 0 unspecified atom stereocenters. The molecule has 0 aliphatic carbocycles. The molecule has 3 aromatic heterocycles. The standard InChI is InChI=1S/C12H9N3O/c1-2-6-13-9(4-1)11-8-12(16-15-11)10-5-3-7-14-10/h1-8,14H. The minimum absolute atomic E-state index is 0.714. The maximum absolute atomic E-state index is 5.24. The van der Waals surface area contributed by atoms with Gasteiger partial charge in [0.1, 0.15) is 5.69 Å². The van der Waals surface area contributed by atoms with Crippen LogP contribution in [0.15, 0.2) is 53.3 Å². The largest absolute Gasteiger partial charge is 0.359 e. The number of nitrogens with one attached hydrogen (secondary N) is 1. The van der Waals surface area contributed by atoms with Gasteiger partial charge in [0.05, 0.1) is 11.4 Å². The van der Waals surface area contributed by atoms with Gasteiger partial charge in [0, 0.05) is 18.5 Å². The Morgan fingerprint density at radius 3 is 2.81 bits per heavy atom. The van der Waals surface area contributed by atoms with Crippen LogP contribution in [0.2, 0.25) is 0 Å². The molecule has 0 aromatic carbocycles. The first-order chi connectivity index (χ1) is 7.93. The highest BCUT2D eigenvalue weighted by Gasteiger charge is 2.08. The zero-order chi connectivity index (χ0) is 10.8. The number of pyridine rings is 1. The molecule has 4 heteroatoms. The Morgan fingerprint density at radius 1 is 1.06 bits per heavy atom. The number of nitrogens with zero attached hydrogens (tertiary/aromatic N) is 2. The van der Waals surface area contributed by atoms with E-state index in [1.165, 1.54) is 0 Å². The molecular formula is C12H9N3O. The summed E-state index contributed by atoms with van der Waals surface area (Å²) in [5, 5.41) is 3.98. The maximum atomic E-state index is 5.24. The van der Waals surface area contributed by atoms with Gasteiger partial charge in [-0.1, -0.05) is 11.2 Å². The van der Waals surface area contributed by atoms with Crippen molar-refractivity contribution < 1.29 is 4.52 Å². The Kier molecular flexibility index (Phi) is 2.04. The number of rotatable bonds is 2. The Balaban J connectivity index is 2.00. The number of H-pyrrole nitrogens is 1. The molecule has 78 valence electrons. The van der Waals surface area contributed by atoms with E-state index in [9.17, 15) is 0 Å². The molecule has 0 fully saturated rings. The first kappa shape index (κ1) is 8.91. The molecule has 0 atom stereocenters. The van der Waals surface area contributed by atoms with Crippen LogP contribution in [0.5, 0.6) is 0 Å². The van der Waals surface area contributed by atoms with E-state index in [4.69, 9.17) is 4.52 Å². The van der Waals surface area contributed by atoms with E-state index >= 15 is 0 Å². The van der Waals surface area contributed by atoms with E-state index in [1.54, 1.807) is 6.20 Å². The molecule has 0 saturated heterocycles. The Morgan fingerprint density at radius 2 is 2.06 bits per heavy atom. The topological polar surface area (TPSA) is 54.7 Å². The van der Waals surface area contributed by atoms with Crippen LogP contribution in [0.1, 0.15) is 0 Å². The van der Waals surface area contributed by atoms with Gasteiger partial charge in [0.15, 0.2) is 5.76 Å². The van der Waals surface area contributed by atoms with Crippen LogP contribution in [0, 0.1) is 0 Å². The number of aromatic amines is 1. The molecule has 4 nitrogen and oxygen atoms in total. The van der Waals surface area contributed by atoms with Crippen LogP contribution in [-0.4, -0.2) is 15.1 Å². The predicted molar refractivity (Wildman–Crippen MR) is 59.5 cm³/mol. The van der Waals surface area contributed by atoms with E-state index in [1.807, 2.05) is 42.6 Å². The minimum Gasteiger partial charge on any atom is -0.359 e. The lowest BCUT2D eigenvalue weighted by atomic mass is 10.2. The van der Waals surface area contributed by atoms with Gasteiger partial charge in [-0.25, -0.2) is 0 Å². The SMILES string of the molecule is c1ccc(-c2cc(-c3ccc[nH]3)on2)nc1. The average molecular weight is 211 g/mol. The molecule has 3 heterocycles. The van der Waals surface area contributed by atoms with Crippen molar-refractivity contribution in [2.24, 2.45) is 0 Å². The van der Waals surface area contributed by atoms with Crippen LogP contribution in [-0.2, 0) is 0 Å².